The summed E-state index contributed by atoms with van der Waals surface area (Å²) in [5.74, 6) is 4.54. The number of aliphatic imine (C=N–C) groups is 1. The maximum Gasteiger partial charge on any atom is 0.234 e. The minimum Gasteiger partial charge on any atom is -0.299 e. The Balaban J connectivity index is -0.000000232. The number of sulfone groups is 1. The molecule has 0 bridgehead atoms. The average molecular weight is 1030 g/mol. The van der Waals surface area contributed by atoms with Crippen LogP contribution in [-0.2, 0) is 24.2 Å². The highest BCUT2D eigenvalue weighted by Crippen LogP contribution is 2.38. The molecular weight excluding hydrogens is 927 g/mol. The Labute approximate surface area is 433 Å². The summed E-state index contributed by atoms with van der Waals surface area (Å²) in [6.45, 7) is 55.8. The lowest BCUT2D eigenvalue weighted by Crippen LogP contribution is -2.52. The van der Waals surface area contributed by atoms with Gasteiger partial charge in [0.25, 0.3) is 0 Å². The molecule has 0 aliphatic heterocycles. The maximum atomic E-state index is 11.2. The van der Waals surface area contributed by atoms with Crippen LogP contribution in [0.2, 0.25) is 0 Å². The third-order valence-electron chi connectivity index (χ3n) is 10.8. The third kappa shape index (κ3) is 31.8. The number of aromatic nitrogens is 2. The molecule has 0 spiro atoms. The number of hydrogen-bond acceptors (Lipinski definition) is 13. The number of carbonyl (C=O) groups is 3. The van der Waals surface area contributed by atoms with Crippen molar-refractivity contribution in [3.63, 3.8) is 0 Å². The molecule has 0 N–H and O–H groups in total. The van der Waals surface area contributed by atoms with Crippen LogP contribution in [0.15, 0.2) is 16.8 Å². The van der Waals surface area contributed by atoms with Crippen LogP contribution in [0.5, 0.6) is 0 Å². The topological polar surface area (TPSA) is 190 Å². The van der Waals surface area contributed by atoms with E-state index in [1.807, 2.05) is 89.3 Å². The molecule has 1 aromatic heterocycles. The van der Waals surface area contributed by atoms with Crippen LogP contribution in [-0.4, -0.2) is 60.5 Å². The lowest BCUT2D eigenvalue weighted by molar-refractivity contribution is -0.404. The number of carbonyl (C=O) groups excluding carboxylic acids is 3. The molecule has 0 saturated heterocycles. The van der Waals surface area contributed by atoms with Crippen molar-refractivity contribution < 1.29 is 27.7 Å². The van der Waals surface area contributed by atoms with E-state index in [4.69, 9.17) is 17.5 Å². The van der Waals surface area contributed by atoms with Crippen molar-refractivity contribution in [3.8, 4) is 6.19 Å². The van der Waals surface area contributed by atoms with Gasteiger partial charge in [-0.2, -0.15) is 19.0 Å². The largest absolute Gasteiger partial charge is 0.299 e. The molecule has 12 nitrogen and oxygen atoms in total. The van der Waals surface area contributed by atoms with Gasteiger partial charge in [-0.3, -0.25) is 24.5 Å². The summed E-state index contributed by atoms with van der Waals surface area (Å²) in [6.07, 6.45) is 2.94. The number of ketones is 3. The lowest BCUT2D eigenvalue weighted by Gasteiger charge is -2.38. The standard InChI is InChI=1S/C10H16O2.C8H14N2S.C8H14N2.C8H15NO2.C7H14O.C7H14S.C6H14O2S/c1-5(2)7-8(6(3)4)10(12)9(7)11;1-5(2)7-8(6(3)4)10-11-9-7;1-6(2)8(7(3)4)10-5-9;1-6(2)8(7(3)4)5-9(10)11;2*1-5(2)7(8)6(3)4;1-5(2)9(7,8)6(3)4/h5-8H,1-4H3;5-6H,1-4H3;6-7H,1-4H3;5-7H,1-4H3;2*5-6H,1-4H3;5-6H,1-4H3. The van der Waals surface area contributed by atoms with E-state index >= 15 is 0 Å². The van der Waals surface area contributed by atoms with Gasteiger partial charge in [0.2, 0.25) is 24.0 Å². The number of rotatable bonds is 15. The number of nitro groups is 1. The Morgan fingerprint density at radius 2 is 0.913 bits per heavy atom. The van der Waals surface area contributed by atoms with Crippen molar-refractivity contribution in [1.29, 1.82) is 5.26 Å². The molecule has 69 heavy (non-hydrogen) atoms. The zero-order valence-electron chi connectivity index (χ0n) is 48.6. The number of hydrogen-bond donors (Lipinski definition) is 0. The Bertz CT molecular complexity index is 1740. The summed E-state index contributed by atoms with van der Waals surface area (Å²) < 4.78 is 30.6. The molecule has 15 heteroatoms. The molecular formula is C54H101N5O7S3. The van der Waals surface area contributed by atoms with E-state index in [9.17, 15) is 32.9 Å². The molecule has 1 saturated carbocycles. The maximum absolute atomic E-state index is 11.2. The Hall–Kier alpha value is -3.09. The zero-order chi connectivity index (χ0) is 56.2. The number of Topliss-reactive ketones (excluding diaryl/α,β-unsaturated/α-hetero) is 3. The van der Waals surface area contributed by atoms with E-state index in [-0.39, 0.29) is 62.5 Å². The molecule has 2 rings (SSSR count). The van der Waals surface area contributed by atoms with Gasteiger partial charge in [0.15, 0.2) is 9.84 Å². The zero-order valence-corrected chi connectivity index (χ0v) is 51.1. The van der Waals surface area contributed by atoms with Crippen LogP contribution in [0.4, 0.5) is 0 Å². The highest BCUT2D eigenvalue weighted by Gasteiger charge is 2.51. The first kappa shape index (κ1) is 74.9. The number of thiocarbonyl (C=S) groups is 1. The molecule has 1 aliphatic carbocycles. The molecule has 402 valence electrons. The van der Waals surface area contributed by atoms with Crippen LogP contribution in [0.1, 0.15) is 217 Å². The summed E-state index contributed by atoms with van der Waals surface area (Å²) >= 11 is 6.42. The summed E-state index contributed by atoms with van der Waals surface area (Å²) in [5, 5.41) is 18.0. The molecule has 1 fully saturated rings. The number of allylic oxidation sites excluding steroid dienone is 1. The Morgan fingerprint density at radius 3 is 1.01 bits per heavy atom. The van der Waals surface area contributed by atoms with Gasteiger partial charge in [0.1, 0.15) is 5.78 Å². The molecule has 0 radical (unpaired) electrons. The molecule has 0 amide bonds. The Morgan fingerprint density at radius 1 is 0.609 bits per heavy atom. The first-order valence-electron chi connectivity index (χ1n) is 25.1. The average Bonchev–Trinajstić information content (AvgIpc) is 3.72. The van der Waals surface area contributed by atoms with Crippen molar-refractivity contribution in [2.75, 3.05) is 0 Å². The molecule has 1 aliphatic rings. The first-order valence-corrected chi connectivity index (χ1v) is 27.9. The Kier molecular flexibility index (Phi) is 40.8. The van der Waals surface area contributed by atoms with Gasteiger partial charge in [-0.15, -0.1) is 0 Å². The van der Waals surface area contributed by atoms with Crippen LogP contribution in [0.25, 0.3) is 0 Å². The van der Waals surface area contributed by atoms with Crippen molar-refractivity contribution in [2.24, 2.45) is 76.0 Å². The second-order valence-corrected chi connectivity index (χ2v) is 26.0. The molecule has 0 aromatic carbocycles. The smallest absolute Gasteiger partial charge is 0.234 e. The van der Waals surface area contributed by atoms with Crippen molar-refractivity contribution >= 4 is 61.7 Å². The SMILES string of the molecule is CC(C)C(=C[N+](=O)[O-])C(C)C.CC(C)C(=NC#N)C(C)C.CC(C)C(=O)C(C)C.CC(C)C(=S)C(C)C.CC(C)C1C(=O)C(=O)C1C(C)C.CC(C)S(=O)(=O)C(C)C.CC(C)c1nsnc1C(C)C. The van der Waals surface area contributed by atoms with Crippen LogP contribution >= 0.6 is 23.9 Å². The number of nitriles is 1. The minimum absolute atomic E-state index is 0.00231. The minimum atomic E-state index is -2.81. The number of nitrogens with zero attached hydrogens (tertiary/aromatic N) is 5. The fraction of sp³-hybridized carbons (Fsp3) is 0.815. The third-order valence-corrected chi connectivity index (χ3v) is 15.0. The van der Waals surface area contributed by atoms with Gasteiger partial charge < -0.3 is 0 Å². The van der Waals surface area contributed by atoms with E-state index < -0.39 is 9.84 Å². The van der Waals surface area contributed by atoms with Gasteiger partial charge in [0.05, 0.1) is 38.5 Å². The van der Waals surface area contributed by atoms with Gasteiger partial charge in [-0.1, -0.05) is 178 Å². The van der Waals surface area contributed by atoms with E-state index in [1.54, 1.807) is 27.7 Å². The lowest BCUT2D eigenvalue weighted by atomic mass is 9.61. The summed E-state index contributed by atoms with van der Waals surface area (Å²) in [4.78, 5) is 47.9. The molecule has 2 unspecified atom stereocenters. The summed E-state index contributed by atoms with van der Waals surface area (Å²) in [5.41, 5.74) is 4.23. The van der Waals surface area contributed by atoms with Gasteiger partial charge in [-0.05, 0) is 91.7 Å². The van der Waals surface area contributed by atoms with Gasteiger partial charge in [-0.25, -0.2) is 8.42 Å². The predicted molar refractivity (Wildman–Crippen MR) is 298 cm³/mol. The normalized spacial score (nSPS) is 14.3. The van der Waals surface area contributed by atoms with Crippen molar-refractivity contribution in [3.05, 3.63) is 33.3 Å². The van der Waals surface area contributed by atoms with Crippen LogP contribution in [0, 0.1) is 92.6 Å². The van der Waals surface area contributed by atoms with Crippen molar-refractivity contribution in [1.82, 2.24) is 8.75 Å². The van der Waals surface area contributed by atoms with Crippen molar-refractivity contribution in [2.45, 2.75) is 216 Å². The van der Waals surface area contributed by atoms with Crippen LogP contribution in [0.3, 0.4) is 0 Å². The predicted octanol–water partition coefficient (Wildman–Crippen LogP) is 14.9. The highest BCUT2D eigenvalue weighted by molar-refractivity contribution is 7.92. The fourth-order valence-corrected chi connectivity index (χ4v) is 8.86. The van der Waals surface area contributed by atoms with E-state index in [2.05, 4.69) is 96.8 Å². The van der Waals surface area contributed by atoms with Crippen LogP contribution < -0.4 is 0 Å². The second kappa shape index (κ2) is 37.7. The van der Waals surface area contributed by atoms with E-state index in [0.29, 0.717) is 53.1 Å². The highest BCUT2D eigenvalue weighted by atomic mass is 32.2. The summed E-state index contributed by atoms with van der Waals surface area (Å²) in [7, 11) is -2.81. The van der Waals surface area contributed by atoms with Gasteiger partial charge >= 0.3 is 0 Å². The summed E-state index contributed by atoms with van der Waals surface area (Å²) in [6, 6.07) is 0. The molecule has 1 aromatic rings. The van der Waals surface area contributed by atoms with Gasteiger partial charge in [0, 0.05) is 35.0 Å². The van der Waals surface area contributed by atoms with E-state index in [0.717, 1.165) is 17.5 Å². The quantitative estimate of drug-likeness (QED) is 0.0406. The monoisotopic (exact) mass is 1030 g/mol. The molecule has 1 heterocycles. The fourth-order valence-electron chi connectivity index (χ4n) is 6.94. The first-order chi connectivity index (χ1) is 31.1. The second-order valence-electron chi connectivity index (χ2n) is 21.9. The van der Waals surface area contributed by atoms with E-state index in [1.165, 1.54) is 28.0 Å². The molecule has 2 atom stereocenters.